The average Bonchev–Trinajstić information content (AvgIpc) is 3.36. The first kappa shape index (κ1) is 24.3. The van der Waals surface area contributed by atoms with Crippen molar-refractivity contribution in [2.75, 3.05) is 61.5 Å². The van der Waals surface area contributed by atoms with Gasteiger partial charge in [-0.15, -0.1) is 0 Å². The van der Waals surface area contributed by atoms with E-state index in [4.69, 9.17) is 4.74 Å². The van der Waals surface area contributed by atoms with Crippen molar-refractivity contribution in [1.29, 1.82) is 5.26 Å². The Bertz CT molecular complexity index is 1330. The number of carbonyl (C=O) groups excluding carboxylic acids is 1. The van der Waals surface area contributed by atoms with Crippen LogP contribution in [0, 0.1) is 11.3 Å². The minimum absolute atomic E-state index is 0.115. The van der Waals surface area contributed by atoms with Gasteiger partial charge in [-0.2, -0.15) is 5.26 Å². The zero-order valence-electron chi connectivity index (χ0n) is 20.4. The molecule has 37 heavy (non-hydrogen) atoms. The number of carbonyl (C=O) groups is 1. The lowest BCUT2D eigenvalue weighted by Gasteiger charge is -2.25. The van der Waals surface area contributed by atoms with E-state index in [2.05, 4.69) is 48.1 Å². The summed E-state index contributed by atoms with van der Waals surface area (Å²) in [6.07, 6.45) is 4.15. The number of nitrogens with one attached hydrogen (secondary N) is 2. The topological polar surface area (TPSA) is 132 Å². The Labute approximate surface area is 214 Å². The van der Waals surface area contributed by atoms with Crippen LogP contribution in [0.25, 0.3) is 11.4 Å². The second-order valence-corrected chi connectivity index (χ2v) is 8.86. The number of amides is 1. The van der Waals surface area contributed by atoms with Crippen LogP contribution in [0.15, 0.2) is 54.9 Å². The summed E-state index contributed by atoms with van der Waals surface area (Å²) < 4.78 is 5.31. The molecule has 0 aromatic carbocycles. The van der Waals surface area contributed by atoms with Crippen LogP contribution in [0.2, 0.25) is 0 Å². The average molecular weight is 498 g/mol. The summed E-state index contributed by atoms with van der Waals surface area (Å²) in [5, 5.41) is 15.6. The summed E-state index contributed by atoms with van der Waals surface area (Å²) in [6, 6.07) is 11.2. The summed E-state index contributed by atoms with van der Waals surface area (Å²) in [4.78, 5) is 34.1. The molecular weight excluding hydrogens is 470 g/mol. The number of nitrogens with zero attached hydrogens (tertiary/aromatic N) is 7. The number of morpholine rings is 1. The molecule has 2 aliphatic rings. The van der Waals surface area contributed by atoms with Gasteiger partial charge in [0, 0.05) is 32.4 Å². The second-order valence-electron chi connectivity index (χ2n) is 8.86. The SMILES string of the molecule is C=C1CCN(c2ccc(-c3ccnc(Nc4ccc(NC(=O)CN5CCOCC5)nc4)n3)nc2C#N)C1. The first-order valence-corrected chi connectivity index (χ1v) is 12.1. The lowest BCUT2D eigenvalue weighted by Crippen LogP contribution is -2.41. The highest BCUT2D eigenvalue weighted by Crippen LogP contribution is 2.27. The minimum atomic E-state index is -0.115. The molecule has 2 N–H and O–H groups in total. The molecule has 3 aromatic heterocycles. The molecular formula is C26H27N9O2. The van der Waals surface area contributed by atoms with Crippen LogP contribution in [0.1, 0.15) is 12.1 Å². The molecule has 5 rings (SSSR count). The molecule has 11 heteroatoms. The van der Waals surface area contributed by atoms with Crippen LogP contribution >= 0.6 is 0 Å². The lowest BCUT2D eigenvalue weighted by atomic mass is 10.2. The third kappa shape index (κ3) is 6.06. The van der Waals surface area contributed by atoms with Crippen LogP contribution in [-0.4, -0.2) is 76.7 Å². The number of rotatable bonds is 7. The Kier molecular flexibility index (Phi) is 7.30. The molecule has 2 fully saturated rings. The normalized spacial score (nSPS) is 15.9. The van der Waals surface area contributed by atoms with E-state index in [0.717, 1.165) is 43.9 Å². The van der Waals surface area contributed by atoms with Gasteiger partial charge in [-0.05, 0) is 36.8 Å². The van der Waals surface area contributed by atoms with Gasteiger partial charge in [-0.1, -0.05) is 12.2 Å². The van der Waals surface area contributed by atoms with E-state index in [9.17, 15) is 10.1 Å². The van der Waals surface area contributed by atoms with Gasteiger partial charge >= 0.3 is 0 Å². The maximum atomic E-state index is 12.3. The van der Waals surface area contributed by atoms with E-state index in [0.29, 0.717) is 54.3 Å². The number of hydrogen-bond acceptors (Lipinski definition) is 10. The summed E-state index contributed by atoms with van der Waals surface area (Å²) >= 11 is 0. The Morgan fingerprint density at radius 1 is 1.08 bits per heavy atom. The fourth-order valence-electron chi connectivity index (χ4n) is 4.24. The van der Waals surface area contributed by atoms with Crippen molar-refractivity contribution in [3.63, 3.8) is 0 Å². The number of hydrogen-bond donors (Lipinski definition) is 2. The van der Waals surface area contributed by atoms with Crippen molar-refractivity contribution in [3.8, 4) is 17.5 Å². The van der Waals surface area contributed by atoms with Gasteiger partial charge in [0.2, 0.25) is 11.9 Å². The van der Waals surface area contributed by atoms with Crippen LogP contribution in [0.3, 0.4) is 0 Å². The molecule has 0 bridgehead atoms. The van der Waals surface area contributed by atoms with E-state index in [-0.39, 0.29) is 5.91 Å². The predicted octanol–water partition coefficient (Wildman–Crippen LogP) is 2.59. The van der Waals surface area contributed by atoms with Crippen molar-refractivity contribution in [2.45, 2.75) is 6.42 Å². The van der Waals surface area contributed by atoms with Gasteiger partial charge in [-0.25, -0.2) is 19.9 Å². The number of aromatic nitrogens is 4. The molecule has 0 spiro atoms. The maximum absolute atomic E-state index is 12.3. The fraction of sp³-hybridized carbons (Fsp3) is 0.308. The van der Waals surface area contributed by atoms with Crippen LogP contribution in [0.4, 0.5) is 23.1 Å². The molecule has 5 heterocycles. The molecule has 0 unspecified atom stereocenters. The Morgan fingerprint density at radius 2 is 1.92 bits per heavy atom. The highest BCUT2D eigenvalue weighted by Gasteiger charge is 2.20. The van der Waals surface area contributed by atoms with Crippen molar-refractivity contribution >= 4 is 29.0 Å². The first-order valence-electron chi connectivity index (χ1n) is 12.1. The zero-order chi connectivity index (χ0) is 25.6. The summed E-state index contributed by atoms with van der Waals surface area (Å²) in [5.41, 5.74) is 4.15. The van der Waals surface area contributed by atoms with E-state index >= 15 is 0 Å². The molecule has 0 atom stereocenters. The first-order chi connectivity index (χ1) is 18.1. The summed E-state index contributed by atoms with van der Waals surface area (Å²) in [5.74, 6) is 0.716. The molecule has 188 valence electrons. The van der Waals surface area contributed by atoms with Gasteiger partial charge in [0.1, 0.15) is 11.9 Å². The number of nitriles is 1. The largest absolute Gasteiger partial charge is 0.379 e. The van der Waals surface area contributed by atoms with E-state index in [1.54, 1.807) is 30.6 Å². The Balaban J connectivity index is 1.23. The number of pyridine rings is 2. The maximum Gasteiger partial charge on any atom is 0.239 e. The molecule has 0 aliphatic carbocycles. The Morgan fingerprint density at radius 3 is 2.65 bits per heavy atom. The van der Waals surface area contributed by atoms with Crippen LogP contribution < -0.4 is 15.5 Å². The van der Waals surface area contributed by atoms with E-state index in [1.165, 1.54) is 0 Å². The van der Waals surface area contributed by atoms with Crippen molar-refractivity contribution in [2.24, 2.45) is 0 Å². The highest BCUT2D eigenvalue weighted by atomic mass is 16.5. The fourth-order valence-corrected chi connectivity index (χ4v) is 4.24. The van der Waals surface area contributed by atoms with Gasteiger partial charge in [0.05, 0.1) is 48.7 Å². The van der Waals surface area contributed by atoms with Crippen molar-refractivity contribution in [3.05, 3.63) is 60.6 Å². The summed E-state index contributed by atoms with van der Waals surface area (Å²) in [7, 11) is 0. The van der Waals surface area contributed by atoms with Gasteiger partial charge in [0.15, 0.2) is 5.69 Å². The molecule has 0 saturated carbocycles. The number of anilines is 4. The van der Waals surface area contributed by atoms with Gasteiger partial charge in [0.25, 0.3) is 0 Å². The summed E-state index contributed by atoms with van der Waals surface area (Å²) in [6.45, 7) is 8.69. The monoisotopic (exact) mass is 497 g/mol. The molecule has 1 amide bonds. The lowest BCUT2D eigenvalue weighted by molar-refractivity contribution is -0.118. The second kappa shape index (κ2) is 11.1. The van der Waals surface area contributed by atoms with Crippen LogP contribution in [-0.2, 0) is 9.53 Å². The highest BCUT2D eigenvalue weighted by molar-refractivity contribution is 5.91. The third-order valence-electron chi connectivity index (χ3n) is 6.15. The predicted molar refractivity (Wildman–Crippen MR) is 139 cm³/mol. The van der Waals surface area contributed by atoms with Gasteiger partial charge < -0.3 is 20.3 Å². The smallest absolute Gasteiger partial charge is 0.239 e. The van der Waals surface area contributed by atoms with E-state index in [1.807, 2.05) is 17.0 Å². The third-order valence-corrected chi connectivity index (χ3v) is 6.15. The van der Waals surface area contributed by atoms with Crippen molar-refractivity contribution in [1.82, 2.24) is 24.8 Å². The molecule has 2 saturated heterocycles. The number of ether oxygens (including phenoxy) is 1. The quantitative estimate of drug-likeness (QED) is 0.469. The zero-order valence-corrected chi connectivity index (χ0v) is 20.4. The Hall–Kier alpha value is -4.40. The molecule has 0 radical (unpaired) electrons. The minimum Gasteiger partial charge on any atom is -0.379 e. The molecule has 3 aromatic rings. The standard InChI is InChI=1S/C26H27N9O2/c1-18-7-9-35(16-18)23-4-3-20(31-22(23)14-27)21-6-8-28-26(32-21)30-19-2-5-24(29-15-19)33-25(36)17-34-10-12-37-13-11-34/h2-6,8,15H,1,7,9-13,16-17H2,(H,28,30,32)(H,29,33,36). The van der Waals surface area contributed by atoms with Crippen molar-refractivity contribution < 1.29 is 9.53 Å². The molecule has 11 nitrogen and oxygen atoms in total. The molecule has 2 aliphatic heterocycles. The van der Waals surface area contributed by atoms with Gasteiger partial charge in [-0.3, -0.25) is 9.69 Å². The van der Waals surface area contributed by atoms with Crippen LogP contribution in [0.5, 0.6) is 0 Å². The van der Waals surface area contributed by atoms with E-state index < -0.39 is 0 Å².